The number of nitrogens with zero attached hydrogens (tertiary/aromatic N) is 3. The SMILES string of the molecule is CC(=O)NCCCNC1=C2N=CC=CC2C(=O)N=N1. The molecule has 0 bridgehead atoms. The summed E-state index contributed by atoms with van der Waals surface area (Å²) in [6.07, 6.45) is 5.85. The molecular formula is C12H15N5O2. The second kappa shape index (κ2) is 6.03. The van der Waals surface area contributed by atoms with E-state index in [4.69, 9.17) is 0 Å². The first-order valence-electron chi connectivity index (χ1n) is 6.07. The molecular weight excluding hydrogens is 246 g/mol. The van der Waals surface area contributed by atoms with Crippen LogP contribution >= 0.6 is 0 Å². The normalized spacial score (nSPS) is 20.5. The molecule has 0 aromatic rings. The van der Waals surface area contributed by atoms with Gasteiger partial charge in [0.1, 0.15) is 11.6 Å². The van der Waals surface area contributed by atoms with Gasteiger partial charge in [0.15, 0.2) is 5.82 Å². The Morgan fingerprint density at radius 3 is 3.00 bits per heavy atom. The molecule has 0 spiro atoms. The van der Waals surface area contributed by atoms with Crippen LogP contribution in [-0.2, 0) is 9.59 Å². The van der Waals surface area contributed by atoms with Crippen molar-refractivity contribution in [2.75, 3.05) is 13.1 Å². The zero-order valence-electron chi connectivity index (χ0n) is 10.6. The molecule has 19 heavy (non-hydrogen) atoms. The van der Waals surface area contributed by atoms with Gasteiger partial charge in [-0.3, -0.25) is 14.6 Å². The fourth-order valence-corrected chi connectivity index (χ4v) is 1.76. The van der Waals surface area contributed by atoms with E-state index < -0.39 is 5.92 Å². The van der Waals surface area contributed by atoms with Gasteiger partial charge in [0, 0.05) is 26.2 Å². The Hall–Kier alpha value is -2.31. The molecule has 0 aliphatic carbocycles. The number of carbonyl (C=O) groups is 2. The van der Waals surface area contributed by atoms with Crippen molar-refractivity contribution in [3.63, 3.8) is 0 Å². The van der Waals surface area contributed by atoms with E-state index in [9.17, 15) is 9.59 Å². The van der Waals surface area contributed by atoms with Crippen molar-refractivity contribution in [3.8, 4) is 0 Å². The molecule has 2 aliphatic rings. The number of rotatable bonds is 5. The molecule has 2 rings (SSSR count). The van der Waals surface area contributed by atoms with Crippen LogP contribution in [0.4, 0.5) is 0 Å². The Bertz CT molecular complexity index is 504. The van der Waals surface area contributed by atoms with Gasteiger partial charge in [0.25, 0.3) is 5.91 Å². The number of aliphatic imine (C=N–C) groups is 1. The Morgan fingerprint density at radius 2 is 2.21 bits per heavy atom. The monoisotopic (exact) mass is 261 g/mol. The van der Waals surface area contributed by atoms with Gasteiger partial charge < -0.3 is 10.6 Å². The third-order valence-corrected chi connectivity index (χ3v) is 2.68. The summed E-state index contributed by atoms with van der Waals surface area (Å²) >= 11 is 0. The molecule has 0 fully saturated rings. The molecule has 0 radical (unpaired) electrons. The van der Waals surface area contributed by atoms with Gasteiger partial charge in [-0.2, -0.15) is 0 Å². The third kappa shape index (κ3) is 3.34. The maximum Gasteiger partial charge on any atom is 0.277 e. The summed E-state index contributed by atoms with van der Waals surface area (Å²) in [5.74, 6) is -0.257. The molecule has 0 aromatic heterocycles. The van der Waals surface area contributed by atoms with Crippen LogP contribution in [0.5, 0.6) is 0 Å². The Balaban J connectivity index is 1.90. The summed E-state index contributed by atoms with van der Waals surface area (Å²) < 4.78 is 0. The second-order valence-electron chi connectivity index (χ2n) is 4.18. The van der Waals surface area contributed by atoms with Gasteiger partial charge in [-0.15, -0.1) is 10.2 Å². The Labute approximate surface area is 110 Å². The third-order valence-electron chi connectivity index (χ3n) is 2.68. The molecule has 7 heteroatoms. The van der Waals surface area contributed by atoms with Crippen LogP contribution in [0.3, 0.4) is 0 Å². The van der Waals surface area contributed by atoms with E-state index >= 15 is 0 Å². The average molecular weight is 261 g/mol. The molecule has 2 amide bonds. The molecule has 0 saturated heterocycles. The minimum absolute atomic E-state index is 0.0490. The highest BCUT2D eigenvalue weighted by molar-refractivity contribution is 5.88. The summed E-state index contributed by atoms with van der Waals surface area (Å²) in [6.45, 7) is 2.69. The lowest BCUT2D eigenvalue weighted by Gasteiger charge is -2.19. The molecule has 100 valence electrons. The van der Waals surface area contributed by atoms with Crippen molar-refractivity contribution >= 4 is 18.0 Å². The largest absolute Gasteiger partial charge is 0.367 e. The minimum atomic E-state index is -0.430. The number of dihydropyridines is 1. The van der Waals surface area contributed by atoms with E-state index in [1.54, 1.807) is 18.4 Å². The Morgan fingerprint density at radius 1 is 1.37 bits per heavy atom. The van der Waals surface area contributed by atoms with E-state index in [1.807, 2.05) is 0 Å². The van der Waals surface area contributed by atoms with E-state index in [0.717, 1.165) is 6.42 Å². The summed E-state index contributed by atoms with van der Waals surface area (Å²) in [5, 5.41) is 13.2. The van der Waals surface area contributed by atoms with Crippen LogP contribution in [0, 0.1) is 5.92 Å². The fourth-order valence-electron chi connectivity index (χ4n) is 1.76. The summed E-state index contributed by atoms with van der Waals surface area (Å²) in [7, 11) is 0. The zero-order valence-corrected chi connectivity index (χ0v) is 10.6. The van der Waals surface area contributed by atoms with E-state index in [1.165, 1.54) is 6.92 Å². The molecule has 1 unspecified atom stereocenters. The second-order valence-corrected chi connectivity index (χ2v) is 4.18. The van der Waals surface area contributed by atoms with E-state index in [0.29, 0.717) is 24.6 Å². The number of nitrogens with one attached hydrogen (secondary N) is 2. The van der Waals surface area contributed by atoms with Crippen molar-refractivity contribution in [1.29, 1.82) is 0 Å². The van der Waals surface area contributed by atoms with Crippen LogP contribution in [0.25, 0.3) is 0 Å². The highest BCUT2D eigenvalue weighted by Crippen LogP contribution is 2.26. The summed E-state index contributed by atoms with van der Waals surface area (Å²) in [6, 6.07) is 0. The van der Waals surface area contributed by atoms with Gasteiger partial charge in [-0.1, -0.05) is 6.08 Å². The van der Waals surface area contributed by atoms with Crippen molar-refractivity contribution in [3.05, 3.63) is 23.7 Å². The molecule has 7 nitrogen and oxygen atoms in total. The van der Waals surface area contributed by atoms with Gasteiger partial charge in [-0.05, 0) is 12.5 Å². The van der Waals surface area contributed by atoms with Gasteiger partial charge in [-0.25, -0.2) is 0 Å². The number of hydrogen-bond donors (Lipinski definition) is 2. The standard InChI is InChI=1S/C12H15N5O2/c1-8(18)13-6-3-7-15-11-10-9(4-2-5-14-10)12(19)17-16-11/h2,4-5,9,15H,3,6-7H2,1H3,(H,13,18). The van der Waals surface area contributed by atoms with Gasteiger partial charge in [0.05, 0.1) is 0 Å². The average Bonchev–Trinajstić information content (AvgIpc) is 2.41. The first-order valence-corrected chi connectivity index (χ1v) is 6.07. The smallest absolute Gasteiger partial charge is 0.277 e. The van der Waals surface area contributed by atoms with Crippen molar-refractivity contribution < 1.29 is 9.59 Å². The number of hydrogen-bond acceptors (Lipinski definition) is 5. The maximum absolute atomic E-state index is 11.5. The lowest BCUT2D eigenvalue weighted by molar-refractivity contribution is -0.120. The predicted octanol–water partition coefficient (Wildman–Crippen LogP) is 0.520. The molecule has 2 aliphatic heterocycles. The van der Waals surface area contributed by atoms with Crippen LogP contribution in [0.1, 0.15) is 13.3 Å². The van der Waals surface area contributed by atoms with Crippen LogP contribution in [0.15, 0.2) is 38.9 Å². The predicted molar refractivity (Wildman–Crippen MR) is 69.3 cm³/mol. The molecule has 0 aromatic carbocycles. The Kier molecular flexibility index (Phi) is 4.17. The van der Waals surface area contributed by atoms with Crippen molar-refractivity contribution in [1.82, 2.24) is 10.6 Å². The van der Waals surface area contributed by atoms with E-state index in [2.05, 4.69) is 25.9 Å². The molecule has 0 saturated carbocycles. The highest BCUT2D eigenvalue weighted by Gasteiger charge is 2.28. The maximum atomic E-state index is 11.5. The van der Waals surface area contributed by atoms with Crippen LogP contribution in [-0.4, -0.2) is 31.1 Å². The lowest BCUT2D eigenvalue weighted by Crippen LogP contribution is -2.27. The first-order chi connectivity index (χ1) is 9.18. The lowest BCUT2D eigenvalue weighted by atomic mass is 10.0. The molecule has 2 N–H and O–H groups in total. The molecule has 1 atom stereocenters. The van der Waals surface area contributed by atoms with Gasteiger partial charge in [0.2, 0.25) is 5.91 Å². The number of azo groups is 1. The number of allylic oxidation sites excluding steroid dienone is 1. The number of carbonyl (C=O) groups excluding carboxylic acids is 2. The quantitative estimate of drug-likeness (QED) is 0.706. The first kappa shape index (κ1) is 13.1. The number of amides is 2. The van der Waals surface area contributed by atoms with Crippen LogP contribution < -0.4 is 10.6 Å². The minimum Gasteiger partial charge on any atom is -0.367 e. The van der Waals surface area contributed by atoms with Crippen LogP contribution in [0.2, 0.25) is 0 Å². The van der Waals surface area contributed by atoms with Crippen molar-refractivity contribution in [2.24, 2.45) is 21.1 Å². The topological polar surface area (TPSA) is 95.3 Å². The van der Waals surface area contributed by atoms with Gasteiger partial charge >= 0.3 is 0 Å². The summed E-state index contributed by atoms with van der Waals surface area (Å²) in [4.78, 5) is 26.4. The van der Waals surface area contributed by atoms with E-state index in [-0.39, 0.29) is 11.8 Å². The zero-order chi connectivity index (χ0) is 13.7. The van der Waals surface area contributed by atoms with Crippen molar-refractivity contribution in [2.45, 2.75) is 13.3 Å². The molecule has 2 heterocycles. The fraction of sp³-hybridized carbons (Fsp3) is 0.417. The summed E-state index contributed by atoms with van der Waals surface area (Å²) in [5.41, 5.74) is 0.599. The highest BCUT2D eigenvalue weighted by atomic mass is 16.2. The number of fused-ring (bicyclic) bond motifs is 1.